The second-order valence-electron chi connectivity index (χ2n) is 9.02. The molecule has 1 aliphatic rings. The van der Waals surface area contributed by atoms with Gasteiger partial charge in [-0.3, -0.25) is 19.0 Å². The number of nitrogens with zero attached hydrogens (tertiary/aromatic N) is 3. The van der Waals surface area contributed by atoms with Crippen LogP contribution in [0, 0.1) is 22.4 Å². The topological polar surface area (TPSA) is 135 Å². The molecule has 34 heavy (non-hydrogen) atoms. The number of imidazole rings is 1. The highest BCUT2D eigenvalue weighted by atomic mass is 32.1. The summed E-state index contributed by atoms with van der Waals surface area (Å²) in [6.45, 7) is 9.99. The fraction of sp³-hybridized carbons (Fsp3) is 0.636. The zero-order chi connectivity index (χ0) is 25.2. The van der Waals surface area contributed by atoms with Crippen LogP contribution in [0.4, 0.5) is 0 Å². The molecule has 2 aromatic rings. The molecule has 186 valence electrons. The van der Waals surface area contributed by atoms with Gasteiger partial charge < -0.3 is 23.9 Å². The molecule has 2 aromatic heterocycles. The Kier molecular flexibility index (Phi) is 8.03. The Bertz CT molecular complexity index is 1110. The molecule has 0 spiro atoms. The van der Waals surface area contributed by atoms with Gasteiger partial charge in [-0.1, -0.05) is 53.8 Å². The third-order valence-corrected chi connectivity index (χ3v) is 5.55. The van der Waals surface area contributed by atoms with Crippen LogP contribution in [0.5, 0.6) is 0 Å². The van der Waals surface area contributed by atoms with Crippen molar-refractivity contribution in [2.75, 3.05) is 6.61 Å². The first kappa shape index (κ1) is 25.8. The third-order valence-electron chi connectivity index (χ3n) is 5.25. The maximum atomic E-state index is 12.6. The van der Waals surface area contributed by atoms with Crippen LogP contribution in [0.2, 0.25) is 0 Å². The molecule has 12 heteroatoms. The predicted molar refractivity (Wildman–Crippen MR) is 122 cm³/mol. The number of esters is 3. The van der Waals surface area contributed by atoms with Crippen LogP contribution in [0.3, 0.4) is 0 Å². The van der Waals surface area contributed by atoms with E-state index in [2.05, 4.69) is 15.0 Å². The molecule has 1 fully saturated rings. The number of hydrogen-bond acceptors (Lipinski definition) is 10. The molecule has 1 saturated heterocycles. The van der Waals surface area contributed by atoms with Crippen LogP contribution in [-0.4, -0.2) is 62.3 Å². The SMILES string of the molecule is CC(C)C(=O)OC[C@@H]1O[C@@H](n2cnc3c(=S)nc[nH]c32)[C@@H](OC(=O)C(C)C)[C@@H]1OC(=O)C(C)C. The van der Waals surface area contributed by atoms with E-state index in [1.54, 1.807) is 46.1 Å². The van der Waals surface area contributed by atoms with Gasteiger partial charge in [-0.2, -0.15) is 0 Å². The van der Waals surface area contributed by atoms with Gasteiger partial charge in [-0.15, -0.1) is 0 Å². The Morgan fingerprint density at radius 3 is 2.18 bits per heavy atom. The van der Waals surface area contributed by atoms with E-state index in [4.69, 9.17) is 31.2 Å². The highest BCUT2D eigenvalue weighted by Crippen LogP contribution is 2.36. The average Bonchev–Trinajstić information content (AvgIpc) is 3.34. The highest BCUT2D eigenvalue weighted by molar-refractivity contribution is 7.71. The van der Waals surface area contributed by atoms with Gasteiger partial charge in [0.15, 0.2) is 23.1 Å². The molecule has 0 radical (unpaired) electrons. The number of rotatable bonds is 8. The first-order chi connectivity index (χ1) is 16.0. The number of aromatic nitrogens is 4. The van der Waals surface area contributed by atoms with Crippen LogP contribution in [-0.2, 0) is 33.3 Å². The normalized spacial score (nSPS) is 22.5. The molecule has 1 aliphatic heterocycles. The number of carbonyl (C=O) groups excluding carboxylic acids is 3. The van der Waals surface area contributed by atoms with Crippen LogP contribution in [0.1, 0.15) is 47.8 Å². The minimum absolute atomic E-state index is 0.191. The lowest BCUT2D eigenvalue weighted by Crippen LogP contribution is -2.42. The van der Waals surface area contributed by atoms with Gasteiger partial charge in [0.2, 0.25) is 0 Å². The minimum Gasteiger partial charge on any atom is -0.463 e. The van der Waals surface area contributed by atoms with E-state index in [9.17, 15) is 14.4 Å². The van der Waals surface area contributed by atoms with Gasteiger partial charge in [0, 0.05) is 0 Å². The lowest BCUT2D eigenvalue weighted by Gasteiger charge is -2.26. The highest BCUT2D eigenvalue weighted by Gasteiger charge is 2.51. The molecule has 0 bridgehead atoms. The Balaban J connectivity index is 2.03. The fourth-order valence-corrected chi connectivity index (χ4v) is 3.47. The lowest BCUT2D eigenvalue weighted by atomic mass is 10.1. The number of ether oxygens (including phenoxy) is 4. The monoisotopic (exact) mass is 494 g/mol. The van der Waals surface area contributed by atoms with Crippen molar-refractivity contribution in [3.05, 3.63) is 17.3 Å². The zero-order valence-corrected chi connectivity index (χ0v) is 20.8. The largest absolute Gasteiger partial charge is 0.463 e. The molecule has 4 atom stereocenters. The van der Waals surface area contributed by atoms with Crippen molar-refractivity contribution in [3.63, 3.8) is 0 Å². The summed E-state index contributed by atoms with van der Waals surface area (Å²) >= 11 is 5.24. The molecule has 3 rings (SSSR count). The Hall–Kier alpha value is -2.86. The second kappa shape index (κ2) is 10.6. The second-order valence-corrected chi connectivity index (χ2v) is 9.41. The van der Waals surface area contributed by atoms with Gasteiger partial charge in [0.05, 0.1) is 30.4 Å². The first-order valence-electron chi connectivity index (χ1n) is 11.1. The Labute approximate surface area is 202 Å². The molecule has 0 saturated carbocycles. The zero-order valence-electron chi connectivity index (χ0n) is 20.0. The lowest BCUT2D eigenvalue weighted by molar-refractivity contribution is -0.173. The van der Waals surface area contributed by atoms with E-state index >= 15 is 0 Å². The number of carbonyl (C=O) groups is 3. The van der Waals surface area contributed by atoms with Crippen LogP contribution >= 0.6 is 12.2 Å². The summed E-state index contributed by atoms with van der Waals surface area (Å²) in [4.78, 5) is 48.5. The van der Waals surface area contributed by atoms with Crippen molar-refractivity contribution >= 4 is 41.3 Å². The van der Waals surface area contributed by atoms with Gasteiger partial charge >= 0.3 is 17.9 Å². The maximum Gasteiger partial charge on any atom is 0.308 e. The predicted octanol–water partition coefficient (Wildman–Crippen LogP) is 2.72. The molecule has 0 amide bonds. The standard InChI is InChI=1S/C22H30N4O7S/c1-10(2)20(27)30-7-13-15(32-21(28)11(3)4)16(33-22(29)12(5)6)19(31-13)26-9-25-14-17(26)23-8-24-18(14)34/h8-13,15-16,19H,7H2,1-6H3,(H,23,24,34)/t13-,15+,16-,19+/m0/s1. The summed E-state index contributed by atoms with van der Waals surface area (Å²) in [6, 6.07) is 0. The van der Waals surface area contributed by atoms with Gasteiger partial charge in [-0.05, 0) is 0 Å². The number of aromatic amines is 1. The number of nitrogens with one attached hydrogen (secondary N) is 1. The Morgan fingerprint density at radius 2 is 1.59 bits per heavy atom. The molecule has 1 N–H and O–H groups in total. The molecular weight excluding hydrogens is 464 g/mol. The first-order valence-corrected chi connectivity index (χ1v) is 11.5. The molecule has 0 aromatic carbocycles. The molecule has 0 unspecified atom stereocenters. The van der Waals surface area contributed by atoms with Gasteiger partial charge in [-0.25, -0.2) is 9.97 Å². The fourth-order valence-electron chi connectivity index (χ4n) is 3.27. The van der Waals surface area contributed by atoms with E-state index in [-0.39, 0.29) is 17.2 Å². The molecule has 3 heterocycles. The number of fused-ring (bicyclic) bond motifs is 1. The average molecular weight is 495 g/mol. The number of H-pyrrole nitrogens is 1. The third kappa shape index (κ3) is 5.44. The summed E-state index contributed by atoms with van der Waals surface area (Å²) < 4.78 is 25.0. The van der Waals surface area contributed by atoms with Crippen molar-refractivity contribution < 1.29 is 33.3 Å². The minimum atomic E-state index is -1.03. The van der Waals surface area contributed by atoms with Gasteiger partial charge in [0.1, 0.15) is 23.9 Å². The summed E-state index contributed by atoms with van der Waals surface area (Å²) in [7, 11) is 0. The van der Waals surface area contributed by atoms with Crippen LogP contribution in [0.15, 0.2) is 12.7 Å². The number of hydrogen-bond donors (Lipinski definition) is 1. The van der Waals surface area contributed by atoms with E-state index < -0.39 is 54.3 Å². The smallest absolute Gasteiger partial charge is 0.308 e. The van der Waals surface area contributed by atoms with Crippen molar-refractivity contribution in [1.82, 2.24) is 19.5 Å². The quantitative estimate of drug-likeness (QED) is 0.331. The molecule has 0 aliphatic carbocycles. The van der Waals surface area contributed by atoms with Crippen LogP contribution in [0.25, 0.3) is 11.2 Å². The summed E-state index contributed by atoms with van der Waals surface area (Å²) in [6.07, 6.45) is -0.983. The van der Waals surface area contributed by atoms with Crippen LogP contribution < -0.4 is 0 Å². The van der Waals surface area contributed by atoms with Crippen molar-refractivity contribution in [2.45, 2.75) is 66.1 Å². The van der Waals surface area contributed by atoms with E-state index in [0.717, 1.165) is 0 Å². The van der Waals surface area contributed by atoms with E-state index in [1.807, 2.05) is 0 Å². The van der Waals surface area contributed by atoms with E-state index in [1.165, 1.54) is 12.7 Å². The van der Waals surface area contributed by atoms with Crippen molar-refractivity contribution in [2.24, 2.45) is 17.8 Å². The van der Waals surface area contributed by atoms with Crippen molar-refractivity contribution in [3.8, 4) is 0 Å². The van der Waals surface area contributed by atoms with E-state index in [0.29, 0.717) is 11.2 Å². The van der Waals surface area contributed by atoms with Gasteiger partial charge in [0.25, 0.3) is 0 Å². The maximum absolute atomic E-state index is 12.6. The van der Waals surface area contributed by atoms with Crippen molar-refractivity contribution in [1.29, 1.82) is 0 Å². The summed E-state index contributed by atoms with van der Waals surface area (Å²) in [5.74, 6) is -2.65. The Morgan fingerprint density at radius 1 is 1.00 bits per heavy atom. The molecular formula is C22H30N4O7S. The molecule has 11 nitrogen and oxygen atoms in total. The summed E-state index contributed by atoms with van der Waals surface area (Å²) in [5.41, 5.74) is 0.921. The summed E-state index contributed by atoms with van der Waals surface area (Å²) in [5, 5.41) is 0.